The van der Waals surface area contributed by atoms with Gasteiger partial charge in [-0.1, -0.05) is 12.2 Å². The maximum Gasteiger partial charge on any atom is 0.0581 e. The van der Waals surface area contributed by atoms with Gasteiger partial charge in [-0.25, -0.2) is 4.72 Å². The zero-order chi connectivity index (χ0) is 9.42. The summed E-state index contributed by atoms with van der Waals surface area (Å²) in [5.74, 6) is 0. The Balaban J connectivity index is 2.64. The first kappa shape index (κ1) is 8.72. The Morgan fingerprint density at radius 2 is 2.38 bits per heavy atom. The lowest BCUT2D eigenvalue weighted by atomic mass is 10.2. The van der Waals surface area contributed by atoms with Crippen molar-refractivity contribution in [1.29, 1.82) is 4.78 Å². The van der Waals surface area contributed by atoms with Crippen molar-refractivity contribution >= 4 is 17.0 Å². The van der Waals surface area contributed by atoms with E-state index < -0.39 is 10.9 Å². The Labute approximate surface area is 80.5 Å². The number of rotatable bonds is 0. The molecule has 1 aliphatic rings. The minimum atomic E-state index is -0.555. The highest BCUT2D eigenvalue weighted by Crippen LogP contribution is 2.22. The summed E-state index contributed by atoms with van der Waals surface area (Å²) in [6.45, 7) is 2.89. The molecule has 0 radical (unpaired) electrons. The summed E-state index contributed by atoms with van der Waals surface area (Å²) in [4.78, 5) is 1.11. The minimum absolute atomic E-state index is 0.555. The summed E-state index contributed by atoms with van der Waals surface area (Å²) in [6, 6.07) is 0. The molecule has 70 valence electrons. The molecule has 13 heavy (non-hydrogen) atoms. The zero-order valence-corrected chi connectivity index (χ0v) is 8.61. The molecule has 0 amide bonds. The largest absolute Gasteiger partial charge is 0.353 e. The lowest BCUT2D eigenvalue weighted by Gasteiger charge is -2.00. The Kier molecular flexibility index (Phi) is 2.09. The van der Waals surface area contributed by atoms with Gasteiger partial charge in [0.05, 0.1) is 4.90 Å². The Bertz CT molecular complexity index is 390. The summed E-state index contributed by atoms with van der Waals surface area (Å²) in [5.41, 5.74) is 2.45. The smallest absolute Gasteiger partial charge is 0.0581 e. The molecule has 0 aromatic carbocycles. The van der Waals surface area contributed by atoms with Crippen molar-refractivity contribution in [2.45, 2.75) is 11.8 Å². The fraction of sp³-hybridized carbons (Fsp3) is 0.333. The van der Waals surface area contributed by atoms with E-state index in [9.17, 15) is 0 Å². The van der Waals surface area contributed by atoms with Gasteiger partial charge in [-0.15, -0.1) is 0 Å². The monoisotopic (exact) mass is 195 g/mol. The molecule has 1 atom stereocenters. The van der Waals surface area contributed by atoms with Crippen LogP contribution in [0.3, 0.4) is 0 Å². The maximum atomic E-state index is 7.87. The fourth-order valence-electron chi connectivity index (χ4n) is 1.46. The number of nitrogens with zero attached hydrogens (tertiary/aromatic N) is 1. The normalized spacial score (nSPS) is 21.2. The SMILES string of the molecule is Cc1c2c(cn1C)S(=N)NCC=C2. The Hall–Kier alpha value is -0.870. The molecule has 4 heteroatoms. The number of hydrogen-bond donors (Lipinski definition) is 2. The van der Waals surface area contributed by atoms with Gasteiger partial charge in [0, 0.05) is 31.0 Å². The lowest BCUT2D eigenvalue weighted by Crippen LogP contribution is -2.14. The van der Waals surface area contributed by atoms with E-state index in [1.165, 1.54) is 11.3 Å². The van der Waals surface area contributed by atoms with Crippen LogP contribution in [0.15, 0.2) is 17.2 Å². The van der Waals surface area contributed by atoms with Crippen LogP contribution in [-0.2, 0) is 17.9 Å². The zero-order valence-electron chi connectivity index (χ0n) is 7.79. The van der Waals surface area contributed by atoms with E-state index in [1.54, 1.807) is 0 Å². The van der Waals surface area contributed by atoms with Crippen molar-refractivity contribution < 1.29 is 0 Å². The number of aromatic nitrogens is 1. The predicted octanol–water partition coefficient (Wildman–Crippen LogP) is 1.60. The van der Waals surface area contributed by atoms with Crippen molar-refractivity contribution in [3.05, 3.63) is 23.5 Å². The Morgan fingerprint density at radius 1 is 1.62 bits per heavy atom. The predicted molar refractivity (Wildman–Crippen MR) is 55.5 cm³/mol. The molecular weight excluding hydrogens is 182 g/mol. The van der Waals surface area contributed by atoms with Crippen molar-refractivity contribution in [3.63, 3.8) is 0 Å². The minimum Gasteiger partial charge on any atom is -0.353 e. The lowest BCUT2D eigenvalue weighted by molar-refractivity contribution is 0.876. The first-order valence-electron chi connectivity index (χ1n) is 4.21. The van der Waals surface area contributed by atoms with Crippen LogP contribution in [-0.4, -0.2) is 11.1 Å². The third kappa shape index (κ3) is 1.36. The molecule has 0 saturated heterocycles. The van der Waals surface area contributed by atoms with Crippen LogP contribution in [0.5, 0.6) is 0 Å². The molecular formula is C9H13N3S. The van der Waals surface area contributed by atoms with Crippen LogP contribution in [0.25, 0.3) is 6.08 Å². The first-order valence-corrected chi connectivity index (χ1v) is 5.44. The Morgan fingerprint density at radius 3 is 3.15 bits per heavy atom. The van der Waals surface area contributed by atoms with Gasteiger partial charge in [0.25, 0.3) is 0 Å². The molecule has 3 nitrogen and oxygen atoms in total. The first-order chi connectivity index (χ1) is 6.20. The molecule has 0 saturated carbocycles. The quantitative estimate of drug-likeness (QED) is 0.648. The van der Waals surface area contributed by atoms with Crippen LogP contribution in [0.1, 0.15) is 11.3 Å². The van der Waals surface area contributed by atoms with Gasteiger partial charge in [-0.05, 0) is 17.8 Å². The second-order valence-corrected chi connectivity index (χ2v) is 4.50. The van der Waals surface area contributed by atoms with E-state index in [0.29, 0.717) is 0 Å². The van der Waals surface area contributed by atoms with Crippen molar-refractivity contribution in [3.8, 4) is 0 Å². The molecule has 0 fully saturated rings. The van der Waals surface area contributed by atoms with Crippen LogP contribution >= 0.6 is 0 Å². The number of nitrogens with one attached hydrogen (secondary N) is 2. The summed E-state index contributed by atoms with van der Waals surface area (Å²) in [6.07, 6.45) is 6.23. The molecule has 1 aromatic heterocycles. The summed E-state index contributed by atoms with van der Waals surface area (Å²) in [7, 11) is 1.47. The molecule has 0 spiro atoms. The fourth-order valence-corrected chi connectivity index (χ4v) is 2.58. The van der Waals surface area contributed by atoms with E-state index in [0.717, 1.165) is 11.4 Å². The van der Waals surface area contributed by atoms with Crippen molar-refractivity contribution in [1.82, 2.24) is 9.29 Å². The molecule has 0 aliphatic carbocycles. The third-order valence-electron chi connectivity index (χ3n) is 2.35. The highest BCUT2D eigenvalue weighted by Gasteiger charge is 2.12. The van der Waals surface area contributed by atoms with Gasteiger partial charge in [0.15, 0.2) is 0 Å². The number of fused-ring (bicyclic) bond motifs is 1. The average molecular weight is 195 g/mol. The van der Waals surface area contributed by atoms with Crippen LogP contribution in [0.2, 0.25) is 0 Å². The maximum absolute atomic E-state index is 7.87. The van der Waals surface area contributed by atoms with E-state index in [2.05, 4.69) is 28.4 Å². The highest BCUT2D eigenvalue weighted by molar-refractivity contribution is 7.84. The van der Waals surface area contributed by atoms with Gasteiger partial charge < -0.3 is 4.57 Å². The van der Waals surface area contributed by atoms with Crippen LogP contribution in [0.4, 0.5) is 0 Å². The summed E-state index contributed by atoms with van der Waals surface area (Å²) >= 11 is 0. The van der Waals surface area contributed by atoms with Crippen LogP contribution < -0.4 is 4.72 Å². The second kappa shape index (κ2) is 3.12. The second-order valence-electron chi connectivity index (χ2n) is 3.16. The van der Waals surface area contributed by atoms with Crippen molar-refractivity contribution in [2.75, 3.05) is 6.54 Å². The van der Waals surface area contributed by atoms with E-state index in [1.807, 2.05) is 13.2 Å². The molecule has 2 N–H and O–H groups in total. The molecule has 0 bridgehead atoms. The summed E-state index contributed by atoms with van der Waals surface area (Å²) < 4.78 is 13.1. The van der Waals surface area contributed by atoms with Gasteiger partial charge in [0.1, 0.15) is 0 Å². The van der Waals surface area contributed by atoms with E-state index in [4.69, 9.17) is 4.78 Å². The molecule has 2 heterocycles. The topological polar surface area (TPSA) is 40.8 Å². The van der Waals surface area contributed by atoms with Crippen molar-refractivity contribution in [2.24, 2.45) is 7.05 Å². The van der Waals surface area contributed by atoms with E-state index >= 15 is 0 Å². The van der Waals surface area contributed by atoms with Gasteiger partial charge in [-0.3, -0.25) is 4.78 Å². The van der Waals surface area contributed by atoms with E-state index in [-0.39, 0.29) is 0 Å². The van der Waals surface area contributed by atoms with Gasteiger partial charge in [-0.2, -0.15) is 0 Å². The molecule has 1 unspecified atom stereocenters. The highest BCUT2D eigenvalue weighted by atomic mass is 32.2. The molecule has 1 aromatic rings. The van der Waals surface area contributed by atoms with Crippen LogP contribution in [0, 0.1) is 11.7 Å². The average Bonchev–Trinajstić information content (AvgIpc) is 2.30. The third-order valence-corrected chi connectivity index (χ3v) is 3.57. The molecule has 2 rings (SSSR count). The van der Waals surface area contributed by atoms with Gasteiger partial charge >= 0.3 is 0 Å². The number of aryl methyl sites for hydroxylation is 1. The standard InChI is InChI=1S/C9H13N3S/c1-7-8-4-3-5-11-13(10)9(8)6-12(7)2/h3-4,6H,5H2,1-2H3,(H2,10,11). The van der Waals surface area contributed by atoms with Gasteiger partial charge in [0.2, 0.25) is 0 Å². The number of hydrogen-bond acceptors (Lipinski definition) is 1. The summed E-state index contributed by atoms with van der Waals surface area (Å²) in [5, 5.41) is 0. The molecule has 1 aliphatic heterocycles.